The number of nitrogens with zero attached hydrogens (tertiary/aromatic N) is 2. The number of benzene rings is 4. The number of rotatable bonds is 2. The third-order valence-corrected chi connectivity index (χ3v) is 6.26. The molecule has 2 aromatic heterocycles. The van der Waals surface area contributed by atoms with E-state index in [4.69, 9.17) is 9.72 Å². The van der Waals surface area contributed by atoms with Crippen molar-refractivity contribution in [1.29, 1.82) is 0 Å². The van der Waals surface area contributed by atoms with Crippen molar-refractivity contribution in [2.45, 2.75) is 6.23 Å². The van der Waals surface area contributed by atoms with Gasteiger partial charge in [-0.05, 0) is 29.7 Å². The molecule has 152 valence electrons. The molecule has 4 nitrogen and oxygen atoms in total. The normalized spacial score (nSPS) is 15.1. The van der Waals surface area contributed by atoms with Crippen LogP contribution in [0.3, 0.4) is 0 Å². The van der Waals surface area contributed by atoms with E-state index >= 15 is 0 Å². The second-order valence-electron chi connectivity index (χ2n) is 8.13. The van der Waals surface area contributed by atoms with Crippen molar-refractivity contribution in [1.82, 2.24) is 9.55 Å². The highest BCUT2D eigenvalue weighted by molar-refractivity contribution is 6.14. The van der Waals surface area contributed by atoms with E-state index in [-0.39, 0.29) is 6.23 Å². The molecule has 0 fully saturated rings. The van der Waals surface area contributed by atoms with Crippen molar-refractivity contribution >= 4 is 38.3 Å². The lowest BCUT2D eigenvalue weighted by Gasteiger charge is -2.11. The molecule has 1 aliphatic heterocycles. The van der Waals surface area contributed by atoms with Gasteiger partial charge in [-0.3, -0.25) is 4.57 Å². The van der Waals surface area contributed by atoms with Gasteiger partial charge in [-0.15, -0.1) is 0 Å². The Bertz CT molecular complexity index is 1640. The fraction of sp³-hybridized carbons (Fsp3) is 0.0357. The predicted octanol–water partition coefficient (Wildman–Crippen LogP) is 6.84. The number of pyridine rings is 1. The summed E-state index contributed by atoms with van der Waals surface area (Å²) in [5, 5.41) is 8.11. The highest BCUT2D eigenvalue weighted by atomic mass is 16.5. The molecule has 32 heavy (non-hydrogen) atoms. The minimum atomic E-state index is -0.197. The van der Waals surface area contributed by atoms with Crippen LogP contribution in [0.15, 0.2) is 103 Å². The quantitative estimate of drug-likeness (QED) is 0.338. The first kappa shape index (κ1) is 17.4. The number of nitrogens with one attached hydrogen (secondary N) is 1. The van der Waals surface area contributed by atoms with E-state index in [2.05, 4.69) is 82.7 Å². The molecule has 0 amide bonds. The first-order chi connectivity index (χ1) is 15.9. The lowest BCUT2D eigenvalue weighted by molar-refractivity contribution is 0.263. The van der Waals surface area contributed by atoms with E-state index in [0.717, 1.165) is 50.0 Å². The maximum atomic E-state index is 6.49. The molecule has 0 radical (unpaired) electrons. The van der Waals surface area contributed by atoms with Crippen LogP contribution < -0.4 is 10.1 Å². The van der Waals surface area contributed by atoms with Crippen molar-refractivity contribution in [2.75, 3.05) is 5.32 Å². The van der Waals surface area contributed by atoms with Gasteiger partial charge in [-0.25, -0.2) is 4.98 Å². The summed E-state index contributed by atoms with van der Waals surface area (Å²) in [4.78, 5) is 4.81. The third-order valence-electron chi connectivity index (χ3n) is 6.26. The molecular formula is C28H19N3O. The molecule has 1 unspecified atom stereocenters. The fourth-order valence-electron chi connectivity index (χ4n) is 4.77. The van der Waals surface area contributed by atoms with Gasteiger partial charge in [0.25, 0.3) is 0 Å². The van der Waals surface area contributed by atoms with Crippen LogP contribution >= 0.6 is 0 Å². The van der Waals surface area contributed by atoms with E-state index in [1.165, 1.54) is 5.39 Å². The van der Waals surface area contributed by atoms with E-state index in [1.807, 2.05) is 30.5 Å². The SMILES string of the molecule is c1ccc(C2Nc3ccc4c(c3O2)c2ccccc2n4-c2cc3ccccc3cn2)cc1. The first-order valence-corrected chi connectivity index (χ1v) is 10.8. The number of para-hydroxylation sites is 1. The van der Waals surface area contributed by atoms with Crippen LogP contribution in [0.4, 0.5) is 5.69 Å². The maximum Gasteiger partial charge on any atom is 0.196 e. The van der Waals surface area contributed by atoms with Crippen molar-refractivity contribution in [2.24, 2.45) is 0 Å². The van der Waals surface area contributed by atoms with Crippen LogP contribution in [0.1, 0.15) is 11.8 Å². The lowest BCUT2D eigenvalue weighted by atomic mass is 10.1. The minimum absolute atomic E-state index is 0.197. The highest BCUT2D eigenvalue weighted by Crippen LogP contribution is 2.47. The van der Waals surface area contributed by atoms with Crippen LogP contribution in [-0.2, 0) is 0 Å². The second kappa shape index (κ2) is 6.59. The van der Waals surface area contributed by atoms with Gasteiger partial charge in [-0.1, -0.05) is 72.8 Å². The number of fused-ring (bicyclic) bond motifs is 6. The fourth-order valence-corrected chi connectivity index (χ4v) is 4.77. The van der Waals surface area contributed by atoms with Crippen LogP contribution in [0.5, 0.6) is 5.75 Å². The summed E-state index contributed by atoms with van der Waals surface area (Å²) < 4.78 is 8.72. The van der Waals surface area contributed by atoms with Crippen molar-refractivity contribution in [3.63, 3.8) is 0 Å². The average molecular weight is 413 g/mol. The summed E-state index contributed by atoms with van der Waals surface area (Å²) in [6.45, 7) is 0. The van der Waals surface area contributed by atoms with Crippen LogP contribution in [0, 0.1) is 0 Å². The Hall–Kier alpha value is -4.31. The second-order valence-corrected chi connectivity index (χ2v) is 8.13. The monoisotopic (exact) mass is 413 g/mol. The average Bonchev–Trinajstić information content (AvgIpc) is 3.43. The molecule has 4 heteroatoms. The molecule has 0 spiro atoms. The number of anilines is 1. The van der Waals surface area contributed by atoms with Crippen molar-refractivity contribution in [3.05, 3.63) is 109 Å². The topological polar surface area (TPSA) is 39.1 Å². The molecule has 1 aliphatic rings. The Balaban J connectivity index is 1.48. The zero-order chi connectivity index (χ0) is 21.1. The summed E-state index contributed by atoms with van der Waals surface area (Å²) in [5.41, 5.74) is 4.33. The molecule has 4 aromatic carbocycles. The van der Waals surface area contributed by atoms with Crippen molar-refractivity contribution in [3.8, 4) is 11.6 Å². The molecule has 0 bridgehead atoms. The first-order valence-electron chi connectivity index (χ1n) is 10.8. The lowest BCUT2D eigenvalue weighted by Crippen LogP contribution is -2.09. The molecular weight excluding hydrogens is 394 g/mol. The van der Waals surface area contributed by atoms with Crippen LogP contribution in [0.25, 0.3) is 38.4 Å². The molecule has 0 saturated carbocycles. The summed E-state index contributed by atoms with van der Waals surface area (Å²) in [6.07, 6.45) is 1.75. The molecule has 0 saturated heterocycles. The molecule has 1 N–H and O–H groups in total. The smallest absolute Gasteiger partial charge is 0.196 e. The summed E-state index contributed by atoms with van der Waals surface area (Å²) >= 11 is 0. The highest BCUT2D eigenvalue weighted by Gasteiger charge is 2.28. The van der Waals surface area contributed by atoms with Gasteiger partial charge in [0.2, 0.25) is 0 Å². The third kappa shape index (κ3) is 2.47. The zero-order valence-corrected chi connectivity index (χ0v) is 17.2. The van der Waals surface area contributed by atoms with E-state index in [1.54, 1.807) is 0 Å². The van der Waals surface area contributed by atoms with Gasteiger partial charge >= 0.3 is 0 Å². The summed E-state index contributed by atoms with van der Waals surface area (Å²) in [5.74, 6) is 1.80. The number of hydrogen-bond acceptors (Lipinski definition) is 3. The van der Waals surface area contributed by atoms with Gasteiger partial charge in [0.1, 0.15) is 5.82 Å². The van der Waals surface area contributed by atoms with Gasteiger partial charge in [0, 0.05) is 22.5 Å². The molecule has 0 aliphatic carbocycles. The zero-order valence-electron chi connectivity index (χ0n) is 17.2. The Morgan fingerprint density at radius 3 is 2.44 bits per heavy atom. The largest absolute Gasteiger partial charge is 0.464 e. The predicted molar refractivity (Wildman–Crippen MR) is 130 cm³/mol. The Morgan fingerprint density at radius 1 is 0.750 bits per heavy atom. The Labute approximate surface area is 184 Å². The maximum absolute atomic E-state index is 6.49. The number of hydrogen-bond donors (Lipinski definition) is 1. The molecule has 6 aromatic rings. The molecule has 1 atom stereocenters. The van der Waals surface area contributed by atoms with Gasteiger partial charge in [0.05, 0.1) is 22.1 Å². The van der Waals surface area contributed by atoms with E-state index in [0.29, 0.717) is 0 Å². The van der Waals surface area contributed by atoms with Gasteiger partial charge in [0.15, 0.2) is 12.0 Å². The summed E-state index contributed by atoms with van der Waals surface area (Å²) in [7, 11) is 0. The van der Waals surface area contributed by atoms with E-state index in [9.17, 15) is 0 Å². The standard InChI is InChI=1S/C28H19N3O/c1-2-8-18(9-3-1)28-30-22-14-15-24-26(27(22)32-28)21-12-6-7-13-23(21)31(24)25-16-19-10-4-5-11-20(19)17-29-25/h1-17,28,30H. The van der Waals surface area contributed by atoms with Gasteiger partial charge < -0.3 is 10.1 Å². The Kier molecular flexibility index (Phi) is 3.58. The van der Waals surface area contributed by atoms with Crippen LogP contribution in [0.2, 0.25) is 0 Å². The van der Waals surface area contributed by atoms with E-state index < -0.39 is 0 Å². The minimum Gasteiger partial charge on any atom is -0.464 e. The Morgan fingerprint density at radius 2 is 1.53 bits per heavy atom. The molecule has 7 rings (SSSR count). The summed E-state index contributed by atoms with van der Waals surface area (Å²) in [6, 6.07) is 33.5. The van der Waals surface area contributed by atoms with Crippen LogP contribution in [-0.4, -0.2) is 9.55 Å². The number of ether oxygens (including phenoxy) is 1. The number of aromatic nitrogens is 2. The van der Waals surface area contributed by atoms with Crippen molar-refractivity contribution < 1.29 is 4.74 Å². The molecule has 3 heterocycles. The van der Waals surface area contributed by atoms with Gasteiger partial charge in [-0.2, -0.15) is 0 Å².